The second kappa shape index (κ2) is 78.7. The molecule has 0 aliphatic carbocycles. The summed E-state index contributed by atoms with van der Waals surface area (Å²) in [6, 6.07) is 0. The molecule has 0 bridgehead atoms. The zero-order chi connectivity index (χ0) is 70.4. The van der Waals surface area contributed by atoms with Gasteiger partial charge in [-0.3, -0.25) is 9.59 Å². The minimum Gasteiger partial charge on any atom is -0.477 e. The fourth-order valence-electron chi connectivity index (χ4n) is 12.8. The molecule has 0 fully saturated rings. The molecular formula is C88H164NO8+. The molecule has 0 aromatic heterocycles. The first-order chi connectivity index (χ1) is 47.6. The number of aliphatic carboxylic acids is 1. The van der Waals surface area contributed by atoms with E-state index in [1.165, 1.54) is 340 Å². The highest BCUT2D eigenvalue weighted by atomic mass is 16.7. The van der Waals surface area contributed by atoms with Gasteiger partial charge in [0.2, 0.25) is 0 Å². The molecule has 0 spiro atoms. The second-order valence-corrected chi connectivity index (χ2v) is 30.1. The van der Waals surface area contributed by atoms with Crippen molar-refractivity contribution in [2.75, 3.05) is 47.5 Å². The van der Waals surface area contributed by atoms with E-state index in [9.17, 15) is 19.5 Å². The lowest BCUT2D eigenvalue weighted by molar-refractivity contribution is -0.870. The molecule has 0 aromatic rings. The predicted octanol–water partition coefficient (Wildman–Crippen LogP) is 27.4. The Hall–Kier alpha value is -3.01. The number of carbonyl (C=O) groups is 3. The van der Waals surface area contributed by atoms with Gasteiger partial charge in [-0.25, -0.2) is 4.79 Å². The van der Waals surface area contributed by atoms with E-state index in [0.717, 1.165) is 57.8 Å². The summed E-state index contributed by atoms with van der Waals surface area (Å²) in [4.78, 5) is 37.8. The molecule has 0 aliphatic heterocycles. The first kappa shape index (κ1) is 94.0. The molecule has 0 saturated carbocycles. The van der Waals surface area contributed by atoms with Gasteiger partial charge < -0.3 is 28.5 Å². The Bertz CT molecular complexity index is 1780. The Morgan fingerprint density at radius 2 is 0.557 bits per heavy atom. The molecule has 0 saturated heterocycles. The Morgan fingerprint density at radius 3 is 0.825 bits per heavy atom. The van der Waals surface area contributed by atoms with Crippen LogP contribution in [0.3, 0.4) is 0 Å². The van der Waals surface area contributed by atoms with Crippen molar-refractivity contribution in [3.63, 3.8) is 0 Å². The van der Waals surface area contributed by atoms with Crippen LogP contribution < -0.4 is 0 Å². The Kier molecular flexibility index (Phi) is 76.3. The van der Waals surface area contributed by atoms with Crippen LogP contribution in [0.4, 0.5) is 0 Å². The van der Waals surface area contributed by atoms with E-state index in [1.807, 2.05) is 21.1 Å². The maximum atomic E-state index is 13.0. The van der Waals surface area contributed by atoms with Crippen LogP contribution in [0.1, 0.15) is 425 Å². The number of hydrogen-bond acceptors (Lipinski definition) is 7. The highest BCUT2D eigenvalue weighted by Crippen LogP contribution is 2.20. The van der Waals surface area contributed by atoms with Crippen molar-refractivity contribution in [1.29, 1.82) is 0 Å². The number of ether oxygens (including phenoxy) is 4. The van der Waals surface area contributed by atoms with Gasteiger partial charge in [-0.05, 0) is 83.5 Å². The fourth-order valence-corrected chi connectivity index (χ4v) is 12.8. The van der Waals surface area contributed by atoms with Crippen LogP contribution in [0, 0.1) is 0 Å². The fraction of sp³-hybridized carbons (Fsp3) is 0.852. The third-order valence-corrected chi connectivity index (χ3v) is 19.2. The molecule has 0 aromatic carbocycles. The SMILES string of the molecule is CCCCCCC/C=C\C/C=C\C/C=C\CCCCCCCCCCCCCCCCCCCCCCCCC(=O)OC(COC(=O)CCCCCCCCCCCCCCCCCCCCCCCCC/C=C\C/C=C\CCCCCCC)COC(OCC[N+](C)(C)C)C(=O)O. The summed E-state index contributed by atoms with van der Waals surface area (Å²) in [6.07, 6.45) is 103. The topological polar surface area (TPSA) is 108 Å². The standard InChI is InChI=1S/C88H163NO8/c1-6-8-10-12-14-16-18-20-22-24-26-28-30-32-34-36-38-40-42-43-45-47-49-51-53-55-57-59-61-63-65-67-69-71-73-75-77-79-86(91)97-84(83-96-88(87(92)93)94-81-80-89(3,4)5)82-95-85(90)78-76-74-72-70-68-66-64-62-60-58-56-54-52-50-48-46-44-41-39-37-35-33-31-29-27-25-23-21-19-17-15-13-11-9-7-2/h18-21,24-27,30,32,84,88H,6-17,22-23,28-29,31,33-83H2,1-5H3/p+1/b20-18-,21-19-,26-24-,27-25-,32-30-. The third kappa shape index (κ3) is 80.2. The summed E-state index contributed by atoms with van der Waals surface area (Å²) in [5, 5.41) is 9.78. The van der Waals surface area contributed by atoms with Crippen molar-refractivity contribution < 1.29 is 42.9 Å². The van der Waals surface area contributed by atoms with E-state index in [1.54, 1.807) is 0 Å². The number of rotatable bonds is 80. The monoisotopic (exact) mass is 1360 g/mol. The Morgan fingerprint density at radius 1 is 0.309 bits per heavy atom. The molecule has 0 amide bonds. The van der Waals surface area contributed by atoms with Crippen molar-refractivity contribution in [3.05, 3.63) is 60.8 Å². The van der Waals surface area contributed by atoms with E-state index >= 15 is 0 Å². The molecule has 568 valence electrons. The number of esters is 2. The number of carboxylic acid groups (broad SMARTS) is 1. The molecule has 2 unspecified atom stereocenters. The molecule has 0 rings (SSSR count). The van der Waals surface area contributed by atoms with E-state index in [4.69, 9.17) is 18.9 Å². The van der Waals surface area contributed by atoms with Gasteiger partial charge in [-0.2, -0.15) is 0 Å². The van der Waals surface area contributed by atoms with Crippen molar-refractivity contribution in [3.8, 4) is 0 Å². The van der Waals surface area contributed by atoms with Crippen LogP contribution in [0.25, 0.3) is 0 Å². The minimum absolute atomic E-state index is 0.176. The Balaban J connectivity index is 3.95. The van der Waals surface area contributed by atoms with Gasteiger partial charge in [0.25, 0.3) is 6.29 Å². The van der Waals surface area contributed by atoms with Gasteiger partial charge in [0.1, 0.15) is 13.2 Å². The zero-order valence-electron chi connectivity index (χ0n) is 65.3. The summed E-state index contributed by atoms with van der Waals surface area (Å²) < 4.78 is 23.1. The molecule has 0 radical (unpaired) electrons. The van der Waals surface area contributed by atoms with Crippen molar-refractivity contribution in [2.24, 2.45) is 0 Å². The van der Waals surface area contributed by atoms with Crippen LogP contribution in [0.2, 0.25) is 0 Å². The predicted molar refractivity (Wildman–Crippen MR) is 420 cm³/mol. The van der Waals surface area contributed by atoms with Crippen LogP contribution >= 0.6 is 0 Å². The highest BCUT2D eigenvalue weighted by molar-refractivity contribution is 5.71. The maximum absolute atomic E-state index is 13.0. The largest absolute Gasteiger partial charge is 0.477 e. The summed E-state index contributed by atoms with van der Waals surface area (Å²) in [6.45, 7) is 4.93. The van der Waals surface area contributed by atoms with Gasteiger partial charge in [-0.1, -0.05) is 389 Å². The van der Waals surface area contributed by atoms with Crippen molar-refractivity contribution >= 4 is 17.9 Å². The first-order valence-corrected chi connectivity index (χ1v) is 42.5. The van der Waals surface area contributed by atoms with E-state index in [-0.39, 0.29) is 38.2 Å². The van der Waals surface area contributed by atoms with Crippen LogP contribution in [0.15, 0.2) is 60.8 Å². The quantitative estimate of drug-likeness (QED) is 0.0211. The lowest BCUT2D eigenvalue weighted by Crippen LogP contribution is -2.40. The molecule has 9 heteroatoms. The lowest BCUT2D eigenvalue weighted by atomic mass is 10.0. The summed E-state index contributed by atoms with van der Waals surface area (Å²) >= 11 is 0. The van der Waals surface area contributed by atoms with Crippen LogP contribution in [-0.4, -0.2) is 87.4 Å². The molecule has 1 N–H and O–H groups in total. The van der Waals surface area contributed by atoms with Gasteiger partial charge in [0, 0.05) is 12.8 Å². The molecule has 0 heterocycles. The molecule has 97 heavy (non-hydrogen) atoms. The summed E-state index contributed by atoms with van der Waals surface area (Å²) in [7, 11) is 6.00. The van der Waals surface area contributed by atoms with Crippen LogP contribution in [0.5, 0.6) is 0 Å². The molecule has 0 aliphatic rings. The molecule has 2 atom stereocenters. The normalized spacial score (nSPS) is 12.9. The number of carboxylic acids is 1. The molecule has 9 nitrogen and oxygen atoms in total. The smallest absolute Gasteiger partial charge is 0.361 e. The average Bonchev–Trinajstić information content (AvgIpc) is 3.11. The van der Waals surface area contributed by atoms with E-state index in [2.05, 4.69) is 74.6 Å². The maximum Gasteiger partial charge on any atom is 0.361 e. The number of hydrogen-bond donors (Lipinski definition) is 1. The number of carbonyl (C=O) groups excluding carboxylic acids is 2. The summed E-state index contributed by atoms with van der Waals surface area (Å²) in [5.41, 5.74) is 0. The van der Waals surface area contributed by atoms with E-state index in [0.29, 0.717) is 17.4 Å². The lowest BCUT2D eigenvalue weighted by Gasteiger charge is -2.25. The number of nitrogens with zero attached hydrogens (tertiary/aromatic N) is 1. The van der Waals surface area contributed by atoms with Gasteiger partial charge in [0.05, 0.1) is 34.4 Å². The first-order valence-electron chi connectivity index (χ1n) is 42.5. The number of quaternary nitrogens is 1. The number of unbranched alkanes of at least 4 members (excludes halogenated alkanes) is 55. The molecular weight excluding hydrogens is 1200 g/mol. The van der Waals surface area contributed by atoms with E-state index < -0.39 is 18.4 Å². The Labute approximate surface area is 603 Å². The van der Waals surface area contributed by atoms with Gasteiger partial charge in [0.15, 0.2) is 6.10 Å². The van der Waals surface area contributed by atoms with Gasteiger partial charge in [-0.15, -0.1) is 0 Å². The number of allylic oxidation sites excluding steroid dienone is 10. The van der Waals surface area contributed by atoms with Gasteiger partial charge >= 0.3 is 17.9 Å². The zero-order valence-corrected chi connectivity index (χ0v) is 65.3. The average molecular weight is 1360 g/mol. The highest BCUT2D eigenvalue weighted by Gasteiger charge is 2.25. The summed E-state index contributed by atoms with van der Waals surface area (Å²) in [5.74, 6) is -1.97. The minimum atomic E-state index is -1.51. The second-order valence-electron chi connectivity index (χ2n) is 30.1. The van der Waals surface area contributed by atoms with Crippen LogP contribution in [-0.2, 0) is 33.3 Å². The third-order valence-electron chi connectivity index (χ3n) is 19.2. The van der Waals surface area contributed by atoms with Crippen molar-refractivity contribution in [1.82, 2.24) is 0 Å². The number of likely N-dealkylation sites (N-methyl/N-ethyl adjacent to an activating group) is 1. The van der Waals surface area contributed by atoms with Crippen molar-refractivity contribution in [2.45, 2.75) is 437 Å².